The van der Waals surface area contributed by atoms with Gasteiger partial charge in [0.05, 0.1) is 5.51 Å². The van der Waals surface area contributed by atoms with E-state index in [0.29, 0.717) is 15.8 Å². The van der Waals surface area contributed by atoms with Crippen molar-refractivity contribution in [2.75, 3.05) is 11.9 Å². The summed E-state index contributed by atoms with van der Waals surface area (Å²) in [6.07, 6.45) is 3.40. The van der Waals surface area contributed by atoms with Crippen molar-refractivity contribution < 1.29 is 4.79 Å². The molecule has 1 amide bonds. The number of hydrogen-bond donors (Lipinski definition) is 0. The topological polar surface area (TPSA) is 59.0 Å². The summed E-state index contributed by atoms with van der Waals surface area (Å²) in [7, 11) is 1.66. The maximum absolute atomic E-state index is 12.3. The second-order valence-electron chi connectivity index (χ2n) is 4.09. The van der Waals surface area contributed by atoms with Crippen molar-refractivity contribution in [2.24, 2.45) is 0 Å². The zero-order valence-corrected chi connectivity index (χ0v) is 13.2. The third-order valence-electron chi connectivity index (χ3n) is 2.74. The number of nitrogens with zero attached hydrogens (tertiary/aromatic N) is 4. The summed E-state index contributed by atoms with van der Waals surface area (Å²) in [6.45, 7) is 0. The normalized spacial score (nSPS) is 10.6. The van der Waals surface area contributed by atoms with Gasteiger partial charge in [-0.2, -0.15) is 0 Å². The zero-order valence-electron chi connectivity index (χ0n) is 10.9. The van der Waals surface area contributed by atoms with Crippen molar-refractivity contribution in [3.63, 3.8) is 0 Å². The Kier molecular flexibility index (Phi) is 3.96. The van der Waals surface area contributed by atoms with Gasteiger partial charge in [-0.05, 0) is 12.1 Å². The number of pyridine rings is 1. The minimum absolute atomic E-state index is 0.209. The van der Waals surface area contributed by atoms with E-state index in [1.54, 1.807) is 30.3 Å². The zero-order chi connectivity index (χ0) is 14.8. The number of anilines is 1. The van der Waals surface area contributed by atoms with Crippen molar-refractivity contribution in [1.82, 2.24) is 15.0 Å². The van der Waals surface area contributed by atoms with Crippen LogP contribution in [-0.4, -0.2) is 27.9 Å². The first-order valence-corrected chi connectivity index (χ1v) is 8.03. The Morgan fingerprint density at radius 3 is 2.95 bits per heavy atom. The molecule has 21 heavy (non-hydrogen) atoms. The first-order valence-electron chi connectivity index (χ1n) is 5.90. The molecule has 0 fully saturated rings. The first-order chi connectivity index (χ1) is 10.2. The maximum atomic E-state index is 12.3. The third kappa shape index (κ3) is 2.80. The minimum Gasteiger partial charge on any atom is -0.299 e. The van der Waals surface area contributed by atoms with E-state index in [1.807, 2.05) is 12.1 Å². The van der Waals surface area contributed by atoms with Crippen LogP contribution >= 0.6 is 34.3 Å². The molecule has 0 N–H and O–H groups in total. The second-order valence-corrected chi connectivity index (χ2v) is 6.15. The van der Waals surface area contributed by atoms with E-state index < -0.39 is 0 Å². The molecule has 0 unspecified atom stereocenters. The van der Waals surface area contributed by atoms with E-state index in [9.17, 15) is 4.79 Å². The van der Waals surface area contributed by atoms with E-state index in [0.717, 1.165) is 10.6 Å². The van der Waals surface area contributed by atoms with Gasteiger partial charge < -0.3 is 0 Å². The highest BCUT2D eigenvalue weighted by Gasteiger charge is 2.21. The molecule has 0 radical (unpaired) electrons. The summed E-state index contributed by atoms with van der Waals surface area (Å²) < 4.78 is 0. The van der Waals surface area contributed by atoms with E-state index in [-0.39, 0.29) is 5.91 Å². The predicted octanol–water partition coefficient (Wildman–Crippen LogP) is 3.59. The Morgan fingerprint density at radius 1 is 1.43 bits per heavy atom. The van der Waals surface area contributed by atoms with Crippen LogP contribution in [0, 0.1) is 0 Å². The lowest BCUT2D eigenvalue weighted by Crippen LogP contribution is -2.25. The van der Waals surface area contributed by atoms with Crippen molar-refractivity contribution in [2.45, 2.75) is 0 Å². The van der Waals surface area contributed by atoms with Crippen LogP contribution in [0.1, 0.15) is 10.5 Å². The van der Waals surface area contributed by atoms with Crippen molar-refractivity contribution in [1.29, 1.82) is 0 Å². The fraction of sp³-hybridized carbons (Fsp3) is 0.0769. The van der Waals surface area contributed by atoms with Crippen molar-refractivity contribution in [3.05, 3.63) is 46.3 Å². The number of carbonyl (C=O) groups excluding carboxylic acids is 1. The molecule has 0 aliphatic rings. The third-order valence-corrected chi connectivity index (χ3v) is 4.88. The van der Waals surface area contributed by atoms with Crippen molar-refractivity contribution >= 4 is 45.2 Å². The average Bonchev–Trinajstić information content (AvgIpc) is 3.16. The van der Waals surface area contributed by atoms with Gasteiger partial charge in [-0.15, -0.1) is 11.3 Å². The van der Waals surface area contributed by atoms with Gasteiger partial charge in [0.15, 0.2) is 5.15 Å². The number of aromatic nitrogens is 3. The number of halogens is 1. The number of hydrogen-bond acceptors (Lipinski definition) is 6. The highest BCUT2D eigenvalue weighted by Crippen LogP contribution is 2.37. The molecule has 3 rings (SSSR count). The monoisotopic (exact) mass is 336 g/mol. The summed E-state index contributed by atoms with van der Waals surface area (Å²) in [4.78, 5) is 26.1. The fourth-order valence-corrected chi connectivity index (χ4v) is 3.51. The number of thiazole rings is 2. The Hall–Kier alpha value is -1.83. The lowest BCUT2D eigenvalue weighted by atomic mass is 10.3. The summed E-state index contributed by atoms with van der Waals surface area (Å²) in [6, 6.07) is 3.72. The predicted molar refractivity (Wildman–Crippen MR) is 85.2 cm³/mol. The SMILES string of the molecule is CN(C(=O)c1cscn1)c1sc(-c2cccnc2)nc1Cl. The highest BCUT2D eigenvalue weighted by molar-refractivity contribution is 7.19. The molecule has 0 aliphatic carbocycles. The number of rotatable bonds is 3. The van der Waals surface area contributed by atoms with Gasteiger partial charge in [0.1, 0.15) is 15.7 Å². The molecule has 3 aromatic heterocycles. The molecule has 0 spiro atoms. The van der Waals surface area contributed by atoms with Crippen LogP contribution in [-0.2, 0) is 0 Å². The van der Waals surface area contributed by atoms with Crippen LogP contribution in [0.3, 0.4) is 0 Å². The van der Waals surface area contributed by atoms with Crippen LogP contribution in [0.25, 0.3) is 10.6 Å². The molecule has 8 heteroatoms. The molecule has 5 nitrogen and oxygen atoms in total. The molecule has 3 heterocycles. The smallest absolute Gasteiger partial charge is 0.278 e. The lowest BCUT2D eigenvalue weighted by Gasteiger charge is -2.13. The highest BCUT2D eigenvalue weighted by atomic mass is 35.5. The molecular weight excluding hydrogens is 328 g/mol. The van der Waals surface area contributed by atoms with E-state index in [2.05, 4.69) is 15.0 Å². The van der Waals surface area contributed by atoms with Crippen LogP contribution in [0.5, 0.6) is 0 Å². The standard InChI is InChI=1S/C13H9ClN4OS2/c1-18(12(19)9-6-20-7-16-9)13-10(14)17-11(21-13)8-3-2-4-15-5-8/h2-7H,1H3. The fourth-order valence-electron chi connectivity index (χ4n) is 1.70. The largest absolute Gasteiger partial charge is 0.299 e. The van der Waals surface area contributed by atoms with Gasteiger partial charge in [-0.3, -0.25) is 14.7 Å². The molecule has 0 atom stereocenters. The maximum Gasteiger partial charge on any atom is 0.278 e. The Labute approximate surface area is 133 Å². The Morgan fingerprint density at radius 2 is 2.29 bits per heavy atom. The Bertz CT molecular complexity index is 758. The van der Waals surface area contributed by atoms with Gasteiger partial charge in [0.25, 0.3) is 5.91 Å². The number of amides is 1. The molecule has 106 valence electrons. The van der Waals surface area contributed by atoms with Gasteiger partial charge >= 0.3 is 0 Å². The molecular formula is C13H9ClN4OS2. The van der Waals surface area contributed by atoms with Gasteiger partial charge in [-0.1, -0.05) is 22.9 Å². The quantitative estimate of drug-likeness (QED) is 0.733. The minimum atomic E-state index is -0.209. The van der Waals surface area contributed by atoms with Gasteiger partial charge in [0.2, 0.25) is 0 Å². The molecule has 3 aromatic rings. The second kappa shape index (κ2) is 5.88. The Balaban J connectivity index is 1.93. The van der Waals surface area contributed by atoms with E-state index >= 15 is 0 Å². The molecule has 0 aromatic carbocycles. The van der Waals surface area contributed by atoms with Crippen LogP contribution in [0.4, 0.5) is 5.00 Å². The summed E-state index contributed by atoms with van der Waals surface area (Å²) in [5, 5.41) is 3.31. The lowest BCUT2D eigenvalue weighted by molar-refractivity contribution is 0.0989. The van der Waals surface area contributed by atoms with Gasteiger partial charge in [0, 0.05) is 30.4 Å². The van der Waals surface area contributed by atoms with Crippen molar-refractivity contribution in [3.8, 4) is 10.6 Å². The van der Waals surface area contributed by atoms with Gasteiger partial charge in [-0.25, -0.2) is 9.97 Å². The first kappa shape index (κ1) is 14.1. The summed E-state index contributed by atoms with van der Waals surface area (Å²) >= 11 is 8.88. The van der Waals surface area contributed by atoms with Crippen LogP contribution in [0.15, 0.2) is 35.4 Å². The van der Waals surface area contributed by atoms with Crippen LogP contribution in [0.2, 0.25) is 5.15 Å². The molecule has 0 saturated heterocycles. The van der Waals surface area contributed by atoms with Crippen LogP contribution < -0.4 is 4.90 Å². The summed E-state index contributed by atoms with van der Waals surface area (Å²) in [5.74, 6) is -0.209. The van der Waals surface area contributed by atoms with E-state index in [4.69, 9.17) is 11.6 Å². The number of carbonyl (C=O) groups is 1. The molecule has 0 aliphatic heterocycles. The molecule has 0 bridgehead atoms. The average molecular weight is 337 g/mol. The van der Waals surface area contributed by atoms with E-state index in [1.165, 1.54) is 27.6 Å². The molecule has 0 saturated carbocycles. The summed E-state index contributed by atoms with van der Waals surface area (Å²) in [5.41, 5.74) is 2.89.